The Morgan fingerprint density at radius 1 is 0.946 bits per heavy atom. The number of nitrogens with zero attached hydrogens (tertiary/aromatic N) is 3. The highest BCUT2D eigenvalue weighted by molar-refractivity contribution is 8.19. The number of anilines is 2. The Bertz CT molecular complexity index is 801. The highest BCUT2D eigenvalue weighted by Gasteiger charge is 2.27. The van der Waals surface area contributed by atoms with E-state index in [1.54, 1.807) is 3.71 Å². The fourth-order valence-corrected chi connectivity index (χ4v) is 6.88. The van der Waals surface area contributed by atoms with E-state index in [-0.39, 0.29) is 17.6 Å². The standard InChI is InChI=1S/C27H47N5OS3.ClH/c1-5-9-11-13-15-17-19-30-24-21-25(29)31(20-18-16-14-12-10-6-2)26(23(24)22-28)36-27(33)32(34-7-3)35-8-4;/h21H,5-20H2,1-4H3,(H2,29,30);1H. The first-order chi connectivity index (χ1) is 17.5. The topological polar surface area (TPSA) is 86.0 Å². The summed E-state index contributed by atoms with van der Waals surface area (Å²) in [5.41, 5.74) is 7.78. The van der Waals surface area contributed by atoms with Gasteiger partial charge < -0.3 is 17.7 Å². The van der Waals surface area contributed by atoms with E-state index in [1.165, 1.54) is 81.7 Å². The largest absolute Gasteiger partial charge is 1.00 e. The lowest BCUT2D eigenvalue weighted by molar-refractivity contribution is -0.719. The summed E-state index contributed by atoms with van der Waals surface area (Å²) in [6.07, 6.45) is 14.3. The first-order valence-corrected chi connectivity index (χ1v) is 16.5. The molecule has 1 rings (SSSR count). The van der Waals surface area contributed by atoms with Crippen LogP contribution in [0.4, 0.5) is 16.3 Å². The van der Waals surface area contributed by atoms with E-state index in [9.17, 15) is 10.1 Å². The number of nitrogen functional groups attached to an aromatic ring is 1. The summed E-state index contributed by atoms with van der Waals surface area (Å²) >= 11 is 4.12. The smallest absolute Gasteiger partial charge is 0.310 e. The molecule has 1 aromatic heterocycles. The van der Waals surface area contributed by atoms with Crippen LogP contribution in [0.3, 0.4) is 0 Å². The summed E-state index contributed by atoms with van der Waals surface area (Å²) in [6, 6.07) is 4.26. The van der Waals surface area contributed by atoms with Gasteiger partial charge in [-0.15, -0.1) is 0 Å². The van der Waals surface area contributed by atoms with E-state index >= 15 is 0 Å². The van der Waals surface area contributed by atoms with Gasteiger partial charge in [-0.3, -0.25) is 10.5 Å². The Kier molecular flexibility index (Phi) is 22.4. The molecule has 0 spiro atoms. The average molecular weight is 590 g/mol. The second-order valence-corrected chi connectivity index (χ2v) is 12.4. The number of pyridine rings is 1. The number of hydrogen-bond donors (Lipinski definition) is 2. The highest BCUT2D eigenvalue weighted by atomic mass is 35.5. The van der Waals surface area contributed by atoms with E-state index < -0.39 is 0 Å². The van der Waals surface area contributed by atoms with Gasteiger partial charge in [0.25, 0.3) is 5.82 Å². The van der Waals surface area contributed by atoms with Crippen LogP contribution in [-0.2, 0) is 6.54 Å². The third kappa shape index (κ3) is 14.1. The molecule has 37 heavy (non-hydrogen) atoms. The van der Waals surface area contributed by atoms with Gasteiger partial charge in [0.05, 0.1) is 18.3 Å². The second kappa shape index (κ2) is 23.0. The van der Waals surface area contributed by atoms with E-state index in [2.05, 4.69) is 25.2 Å². The van der Waals surface area contributed by atoms with Gasteiger partial charge in [-0.05, 0) is 43.2 Å². The molecule has 1 aromatic rings. The van der Waals surface area contributed by atoms with Crippen molar-refractivity contribution in [3.05, 3.63) is 11.6 Å². The van der Waals surface area contributed by atoms with Crippen LogP contribution in [0, 0.1) is 11.3 Å². The molecule has 0 atom stereocenters. The SMILES string of the molecule is CCCCCCCCNc1cc(N)[n+](CCCCCCCC)c(SC(=O)N(SCC)SCC)c1C#N.[Cl-]. The maximum atomic E-state index is 13.2. The summed E-state index contributed by atoms with van der Waals surface area (Å²) in [5.74, 6) is 2.22. The number of carbonyl (C=O) groups is 1. The van der Waals surface area contributed by atoms with Crippen molar-refractivity contribution in [1.29, 1.82) is 5.26 Å². The monoisotopic (exact) mass is 589 g/mol. The van der Waals surface area contributed by atoms with E-state index in [0.29, 0.717) is 23.0 Å². The van der Waals surface area contributed by atoms with Crippen molar-refractivity contribution in [3.63, 3.8) is 0 Å². The Labute approximate surface area is 245 Å². The lowest BCUT2D eigenvalue weighted by Gasteiger charge is -2.19. The molecule has 1 amide bonds. The van der Waals surface area contributed by atoms with Crippen LogP contribution in [0.1, 0.15) is 110 Å². The van der Waals surface area contributed by atoms with Crippen molar-refractivity contribution in [2.45, 2.75) is 116 Å². The molecule has 0 aliphatic rings. The number of unbranched alkanes of at least 4 members (excludes halogenated alkanes) is 10. The molecule has 0 saturated heterocycles. The van der Waals surface area contributed by atoms with Crippen LogP contribution < -0.4 is 28.0 Å². The van der Waals surface area contributed by atoms with Crippen LogP contribution in [0.25, 0.3) is 0 Å². The molecule has 0 aliphatic heterocycles. The van der Waals surface area contributed by atoms with Gasteiger partial charge in [0.2, 0.25) is 0 Å². The molecule has 3 N–H and O–H groups in total. The summed E-state index contributed by atoms with van der Waals surface area (Å²) in [7, 11) is 0. The van der Waals surface area contributed by atoms with Gasteiger partial charge in [0.15, 0.2) is 5.03 Å². The van der Waals surface area contributed by atoms with Crippen molar-refractivity contribution in [2.75, 3.05) is 29.1 Å². The van der Waals surface area contributed by atoms with Crippen molar-refractivity contribution >= 4 is 52.4 Å². The molecule has 0 unspecified atom stereocenters. The molecule has 0 aliphatic carbocycles. The molecule has 10 heteroatoms. The number of aromatic nitrogens is 1. The summed E-state index contributed by atoms with van der Waals surface area (Å²) in [5, 5.41) is 14.2. The molecule has 0 fully saturated rings. The van der Waals surface area contributed by atoms with E-state index in [0.717, 1.165) is 54.8 Å². The number of thioether (sulfide) groups is 1. The average Bonchev–Trinajstić information content (AvgIpc) is 2.86. The lowest BCUT2D eigenvalue weighted by atomic mass is 10.1. The Morgan fingerprint density at radius 2 is 1.49 bits per heavy atom. The zero-order valence-corrected chi connectivity index (χ0v) is 26.5. The number of carbonyl (C=O) groups excluding carboxylic acids is 1. The number of halogens is 1. The van der Waals surface area contributed by atoms with Crippen LogP contribution in [-0.4, -0.2) is 27.0 Å². The molecule has 212 valence electrons. The number of nitriles is 1. The molecular formula is C27H48ClN5OS3. The summed E-state index contributed by atoms with van der Waals surface area (Å²) < 4.78 is 3.70. The van der Waals surface area contributed by atoms with Gasteiger partial charge in [0.1, 0.15) is 11.6 Å². The van der Waals surface area contributed by atoms with Crippen LogP contribution in [0.5, 0.6) is 0 Å². The van der Waals surface area contributed by atoms with Crippen molar-refractivity contribution in [2.24, 2.45) is 0 Å². The minimum absolute atomic E-state index is 0. The summed E-state index contributed by atoms with van der Waals surface area (Å²) in [4.78, 5) is 13.2. The van der Waals surface area contributed by atoms with Crippen molar-refractivity contribution < 1.29 is 21.8 Å². The predicted molar refractivity (Wildman–Crippen MR) is 160 cm³/mol. The number of nitrogens with one attached hydrogen (secondary N) is 1. The number of hydrogen-bond acceptors (Lipinski definition) is 7. The van der Waals surface area contributed by atoms with Crippen LogP contribution in [0.15, 0.2) is 11.1 Å². The minimum Gasteiger partial charge on any atom is -1.00 e. The van der Waals surface area contributed by atoms with E-state index in [4.69, 9.17) is 5.73 Å². The number of rotatable bonds is 20. The third-order valence-electron chi connectivity index (χ3n) is 5.85. The molecular weight excluding hydrogens is 542 g/mol. The number of nitrogens with two attached hydrogens (primary N) is 1. The van der Waals surface area contributed by atoms with Crippen LogP contribution in [0.2, 0.25) is 0 Å². The molecule has 0 bridgehead atoms. The first-order valence-electron chi connectivity index (χ1n) is 13.8. The zero-order valence-electron chi connectivity index (χ0n) is 23.3. The molecule has 6 nitrogen and oxygen atoms in total. The molecule has 0 saturated carbocycles. The Balaban J connectivity index is 0.0000130. The molecule has 0 radical (unpaired) electrons. The van der Waals surface area contributed by atoms with Gasteiger partial charge in [-0.2, -0.15) is 5.26 Å². The van der Waals surface area contributed by atoms with Gasteiger partial charge in [-0.1, -0.05) is 85.5 Å². The quantitative estimate of drug-likeness (QED) is 0.0909. The fraction of sp³-hybridized carbons (Fsp3) is 0.741. The third-order valence-corrected chi connectivity index (χ3v) is 9.01. The van der Waals surface area contributed by atoms with Crippen molar-refractivity contribution in [1.82, 2.24) is 3.71 Å². The van der Waals surface area contributed by atoms with Gasteiger partial charge in [-0.25, -0.2) is 8.28 Å². The molecule has 0 aromatic carbocycles. The Morgan fingerprint density at radius 3 is 2.03 bits per heavy atom. The zero-order chi connectivity index (χ0) is 26.6. The lowest BCUT2D eigenvalue weighted by Crippen LogP contribution is -3.00. The normalized spacial score (nSPS) is 10.6. The number of amides is 1. The first kappa shape index (κ1) is 36.0. The summed E-state index contributed by atoms with van der Waals surface area (Å²) in [6.45, 7) is 10.0. The fourth-order valence-electron chi connectivity index (χ4n) is 3.93. The van der Waals surface area contributed by atoms with E-state index in [1.807, 2.05) is 24.5 Å². The maximum Gasteiger partial charge on any atom is 0.310 e. The minimum atomic E-state index is -0.0747. The Hall–Kier alpha value is -0.950. The predicted octanol–water partition coefficient (Wildman–Crippen LogP) is 5.42. The maximum absolute atomic E-state index is 13.2. The highest BCUT2D eigenvalue weighted by Crippen LogP contribution is 2.34. The molecule has 1 heterocycles. The van der Waals surface area contributed by atoms with Crippen molar-refractivity contribution in [3.8, 4) is 6.07 Å². The van der Waals surface area contributed by atoms with Crippen LogP contribution >= 0.6 is 35.7 Å². The van der Waals surface area contributed by atoms with Gasteiger partial charge >= 0.3 is 5.24 Å². The second-order valence-electron chi connectivity index (χ2n) is 8.85. The van der Waals surface area contributed by atoms with Gasteiger partial charge in [0, 0.05) is 29.8 Å².